The average Bonchev–Trinajstić information content (AvgIpc) is 2.58. The van der Waals surface area contributed by atoms with Crippen molar-refractivity contribution < 1.29 is 22.6 Å². The van der Waals surface area contributed by atoms with Crippen molar-refractivity contribution in [3.05, 3.63) is 53.6 Å². The van der Waals surface area contributed by atoms with Crippen molar-refractivity contribution in [1.29, 1.82) is 0 Å². The fraction of sp³-hybridized carbons (Fsp3) is 0.333. The minimum atomic E-state index is -3.23. The number of benzene rings is 2. The minimum absolute atomic E-state index is 0.356. The van der Waals surface area contributed by atoms with Gasteiger partial charge in [-0.3, -0.25) is 0 Å². The first-order chi connectivity index (χ1) is 11.4. The standard InChI is InChI=1S/C18H22O5S/c1-13(24(4,19)20)15-10-16(21-2)18(17(11-15)22-3)23-12-14-8-6-5-7-9-14/h5-11,13H,12H2,1-4H3. The molecule has 0 heterocycles. The molecule has 2 rings (SSSR count). The molecular formula is C18H22O5S. The lowest BCUT2D eigenvalue weighted by Gasteiger charge is -2.18. The van der Waals surface area contributed by atoms with E-state index in [1.165, 1.54) is 20.5 Å². The fourth-order valence-corrected chi connectivity index (χ4v) is 2.88. The zero-order valence-electron chi connectivity index (χ0n) is 14.3. The highest BCUT2D eigenvalue weighted by Crippen LogP contribution is 2.41. The Balaban J connectivity index is 2.37. The van der Waals surface area contributed by atoms with Crippen LogP contribution in [0, 0.1) is 0 Å². The van der Waals surface area contributed by atoms with Crippen LogP contribution in [0.15, 0.2) is 42.5 Å². The summed E-state index contributed by atoms with van der Waals surface area (Å²) in [6.07, 6.45) is 1.20. The highest BCUT2D eigenvalue weighted by atomic mass is 32.2. The third-order valence-electron chi connectivity index (χ3n) is 3.82. The van der Waals surface area contributed by atoms with Crippen molar-refractivity contribution in [1.82, 2.24) is 0 Å². The van der Waals surface area contributed by atoms with Crippen LogP contribution >= 0.6 is 0 Å². The van der Waals surface area contributed by atoms with Crippen LogP contribution in [-0.2, 0) is 16.4 Å². The Morgan fingerprint density at radius 2 is 1.54 bits per heavy atom. The highest BCUT2D eigenvalue weighted by Gasteiger charge is 2.22. The molecule has 0 aliphatic carbocycles. The van der Waals surface area contributed by atoms with Gasteiger partial charge in [0.05, 0.1) is 19.5 Å². The highest BCUT2D eigenvalue weighted by molar-refractivity contribution is 7.90. The van der Waals surface area contributed by atoms with Crippen LogP contribution < -0.4 is 14.2 Å². The van der Waals surface area contributed by atoms with E-state index in [0.717, 1.165) is 5.56 Å². The predicted octanol–water partition coefficient (Wildman–Crippen LogP) is 3.39. The third kappa shape index (κ3) is 4.20. The van der Waals surface area contributed by atoms with Crippen LogP contribution in [0.4, 0.5) is 0 Å². The van der Waals surface area contributed by atoms with Crippen LogP contribution in [0.3, 0.4) is 0 Å². The minimum Gasteiger partial charge on any atom is -0.493 e. The number of hydrogen-bond acceptors (Lipinski definition) is 5. The van der Waals surface area contributed by atoms with Gasteiger partial charge in [-0.05, 0) is 30.2 Å². The lowest BCUT2D eigenvalue weighted by molar-refractivity contribution is 0.265. The van der Waals surface area contributed by atoms with E-state index in [1.54, 1.807) is 19.1 Å². The Morgan fingerprint density at radius 3 is 2.00 bits per heavy atom. The van der Waals surface area contributed by atoms with Crippen molar-refractivity contribution in [2.45, 2.75) is 18.8 Å². The van der Waals surface area contributed by atoms with Crippen LogP contribution in [0.5, 0.6) is 17.2 Å². The second kappa shape index (κ2) is 7.57. The zero-order chi connectivity index (χ0) is 17.7. The van der Waals surface area contributed by atoms with Crippen molar-refractivity contribution in [3.8, 4) is 17.2 Å². The first-order valence-electron chi connectivity index (χ1n) is 7.48. The van der Waals surface area contributed by atoms with Gasteiger partial charge in [-0.25, -0.2) is 8.42 Å². The summed E-state index contributed by atoms with van der Waals surface area (Å²) in [5, 5.41) is -0.663. The van der Waals surface area contributed by atoms with Gasteiger partial charge < -0.3 is 14.2 Å². The summed E-state index contributed by atoms with van der Waals surface area (Å²) in [5.74, 6) is 1.33. The molecule has 24 heavy (non-hydrogen) atoms. The lowest BCUT2D eigenvalue weighted by atomic mass is 10.1. The molecule has 5 nitrogen and oxygen atoms in total. The molecule has 0 amide bonds. The largest absolute Gasteiger partial charge is 0.493 e. The number of hydrogen-bond donors (Lipinski definition) is 0. The summed E-state index contributed by atoms with van der Waals surface area (Å²) in [4.78, 5) is 0. The molecule has 130 valence electrons. The SMILES string of the molecule is COc1cc(C(C)S(C)(=O)=O)cc(OC)c1OCc1ccccc1. The first-order valence-corrected chi connectivity index (χ1v) is 9.43. The maximum absolute atomic E-state index is 11.8. The molecule has 1 atom stereocenters. The molecule has 0 aliphatic rings. The molecule has 2 aromatic rings. The molecule has 0 N–H and O–H groups in total. The van der Waals surface area contributed by atoms with E-state index in [2.05, 4.69) is 0 Å². The Labute approximate surface area is 143 Å². The first kappa shape index (κ1) is 18.1. The quantitative estimate of drug-likeness (QED) is 0.766. The van der Waals surface area contributed by atoms with E-state index in [4.69, 9.17) is 14.2 Å². The summed E-state index contributed by atoms with van der Waals surface area (Å²) >= 11 is 0. The summed E-state index contributed by atoms with van der Waals surface area (Å²) in [6, 6.07) is 13.1. The molecule has 0 aromatic heterocycles. The van der Waals surface area contributed by atoms with Gasteiger partial charge in [0, 0.05) is 6.26 Å². The third-order valence-corrected chi connectivity index (χ3v) is 5.38. The Hall–Kier alpha value is -2.21. The number of ether oxygens (including phenoxy) is 3. The number of sulfone groups is 1. The molecule has 1 unspecified atom stereocenters. The Morgan fingerprint density at radius 1 is 1.00 bits per heavy atom. The molecular weight excluding hydrogens is 328 g/mol. The molecule has 0 fully saturated rings. The number of rotatable bonds is 7. The molecule has 0 spiro atoms. The lowest BCUT2D eigenvalue weighted by Crippen LogP contribution is -2.09. The summed E-state index contributed by atoms with van der Waals surface area (Å²) in [6.45, 7) is 1.99. The van der Waals surface area contributed by atoms with E-state index in [0.29, 0.717) is 29.4 Å². The summed E-state index contributed by atoms with van der Waals surface area (Å²) in [5.41, 5.74) is 1.61. The van der Waals surface area contributed by atoms with Gasteiger partial charge >= 0.3 is 0 Å². The van der Waals surface area contributed by atoms with Crippen molar-refractivity contribution in [3.63, 3.8) is 0 Å². The van der Waals surface area contributed by atoms with Crippen molar-refractivity contribution >= 4 is 9.84 Å². The van der Waals surface area contributed by atoms with Gasteiger partial charge in [0.25, 0.3) is 0 Å². The predicted molar refractivity (Wildman–Crippen MR) is 93.6 cm³/mol. The zero-order valence-corrected chi connectivity index (χ0v) is 15.1. The van der Waals surface area contributed by atoms with Crippen LogP contribution in [0.25, 0.3) is 0 Å². The molecule has 0 saturated carbocycles. The van der Waals surface area contributed by atoms with Crippen molar-refractivity contribution in [2.75, 3.05) is 20.5 Å². The van der Waals surface area contributed by atoms with Crippen LogP contribution in [0.1, 0.15) is 23.3 Å². The van der Waals surface area contributed by atoms with E-state index < -0.39 is 15.1 Å². The molecule has 6 heteroatoms. The van der Waals surface area contributed by atoms with E-state index >= 15 is 0 Å². The monoisotopic (exact) mass is 350 g/mol. The summed E-state index contributed by atoms with van der Waals surface area (Å²) < 4.78 is 40.2. The maximum atomic E-state index is 11.8. The van der Waals surface area contributed by atoms with Crippen LogP contribution in [0.2, 0.25) is 0 Å². The van der Waals surface area contributed by atoms with Gasteiger partial charge in [0.15, 0.2) is 21.3 Å². The average molecular weight is 350 g/mol. The molecule has 0 saturated heterocycles. The van der Waals surface area contributed by atoms with Gasteiger partial charge in [0.2, 0.25) is 5.75 Å². The molecule has 0 radical (unpaired) electrons. The Kier molecular flexibility index (Phi) is 5.72. The van der Waals surface area contributed by atoms with Crippen molar-refractivity contribution in [2.24, 2.45) is 0 Å². The smallest absolute Gasteiger partial charge is 0.203 e. The van der Waals surface area contributed by atoms with Crippen LogP contribution in [-0.4, -0.2) is 28.9 Å². The normalized spacial score (nSPS) is 12.5. The van der Waals surface area contributed by atoms with Gasteiger partial charge in [-0.1, -0.05) is 30.3 Å². The fourth-order valence-electron chi connectivity index (χ4n) is 2.25. The Bertz CT molecular complexity index is 759. The summed E-state index contributed by atoms with van der Waals surface area (Å²) in [7, 11) is -0.200. The van der Waals surface area contributed by atoms with E-state index in [9.17, 15) is 8.42 Å². The molecule has 0 bridgehead atoms. The van der Waals surface area contributed by atoms with Gasteiger partial charge in [-0.15, -0.1) is 0 Å². The van der Waals surface area contributed by atoms with Gasteiger partial charge in [0.1, 0.15) is 6.61 Å². The molecule has 0 aliphatic heterocycles. The molecule has 2 aromatic carbocycles. The number of methoxy groups -OCH3 is 2. The maximum Gasteiger partial charge on any atom is 0.203 e. The van der Waals surface area contributed by atoms with E-state index in [1.807, 2.05) is 30.3 Å². The second-order valence-electron chi connectivity index (χ2n) is 5.50. The second-order valence-corrected chi connectivity index (χ2v) is 7.87. The topological polar surface area (TPSA) is 61.8 Å². The van der Waals surface area contributed by atoms with Gasteiger partial charge in [-0.2, -0.15) is 0 Å². The van der Waals surface area contributed by atoms with E-state index in [-0.39, 0.29) is 0 Å².